The van der Waals surface area contributed by atoms with Crippen LogP contribution in [0.25, 0.3) is 0 Å². The minimum Gasteiger partial charge on any atom is -0.0625 e. The van der Waals surface area contributed by atoms with Crippen molar-refractivity contribution in [1.29, 1.82) is 0 Å². The van der Waals surface area contributed by atoms with E-state index in [4.69, 9.17) is 0 Å². The molecule has 0 nitrogen and oxygen atoms in total. The number of aryl methyl sites for hydroxylation is 9. The van der Waals surface area contributed by atoms with Crippen LogP contribution in [0.3, 0.4) is 0 Å². The van der Waals surface area contributed by atoms with Crippen molar-refractivity contribution in [2.45, 2.75) is 413 Å². The minimum atomic E-state index is 0.227. The van der Waals surface area contributed by atoms with Crippen LogP contribution in [0.1, 0.15) is 459 Å². The maximum absolute atomic E-state index is 2.41. The zero-order valence-corrected chi connectivity index (χ0v) is 86.7. The molecule has 0 bridgehead atoms. The first-order chi connectivity index (χ1) is 55.3. The monoisotopic (exact) mass is 1630 g/mol. The molecule has 0 aliphatic carbocycles. The van der Waals surface area contributed by atoms with E-state index >= 15 is 0 Å². The summed E-state index contributed by atoms with van der Waals surface area (Å²) in [6, 6.07) is 63.6. The van der Waals surface area contributed by atoms with Crippen LogP contribution >= 0.6 is 0 Å². The van der Waals surface area contributed by atoms with Crippen molar-refractivity contribution in [3.05, 3.63) is 315 Å². The summed E-state index contributed by atoms with van der Waals surface area (Å²) in [6.45, 7) is 101. The van der Waals surface area contributed by atoms with Gasteiger partial charge in [0, 0.05) is 0 Å². The van der Waals surface area contributed by atoms with Crippen LogP contribution in [0.15, 0.2) is 170 Å². The van der Waals surface area contributed by atoms with Crippen LogP contribution in [-0.2, 0) is 36.5 Å². The summed E-state index contributed by atoms with van der Waals surface area (Å²) in [4.78, 5) is 0. The van der Waals surface area contributed by atoms with E-state index in [1.807, 2.05) is 0 Å². The quantitative estimate of drug-likeness (QED) is 0.0757. The Hall–Kier alpha value is -7.02. The predicted octanol–water partition coefficient (Wildman–Crippen LogP) is 37.7. The van der Waals surface area contributed by atoms with Crippen molar-refractivity contribution in [1.82, 2.24) is 0 Å². The Labute approximate surface area is 746 Å². The lowest BCUT2D eigenvalue weighted by Crippen LogP contribution is -2.17. The van der Waals surface area contributed by atoms with E-state index in [-0.39, 0.29) is 10.8 Å². The van der Waals surface area contributed by atoms with Gasteiger partial charge >= 0.3 is 0 Å². The van der Waals surface area contributed by atoms with Gasteiger partial charge < -0.3 is 0 Å². The molecule has 9 aromatic carbocycles. The summed E-state index contributed by atoms with van der Waals surface area (Å²) in [7, 11) is 0. The molecule has 0 unspecified atom stereocenters. The number of benzene rings is 9. The molecule has 0 saturated heterocycles. The third kappa shape index (κ3) is 43.3. The summed E-state index contributed by atoms with van der Waals surface area (Å²) in [5.74, 6) is 9.94. The van der Waals surface area contributed by atoms with Gasteiger partial charge in [0.15, 0.2) is 0 Å². The van der Waals surface area contributed by atoms with Gasteiger partial charge in [-0.25, -0.2) is 0 Å². The fraction of sp³-hybridized carbons (Fsp3) is 0.550. The third-order valence-electron chi connectivity index (χ3n) is 22.2. The Morgan fingerprint density at radius 2 is 0.483 bits per heavy atom. The Kier molecular flexibility index (Phi) is 49.8. The smallest absolute Gasteiger partial charge is 0.0132 e. The topological polar surface area (TPSA) is 0 Å². The molecule has 120 heavy (non-hydrogen) atoms. The molecule has 666 valence electrons. The van der Waals surface area contributed by atoms with Crippen molar-refractivity contribution in [2.24, 2.45) is 23.7 Å². The summed E-state index contributed by atoms with van der Waals surface area (Å²) in [5.41, 5.74) is 38.2. The highest BCUT2D eigenvalue weighted by Gasteiger charge is 2.22. The molecule has 0 spiro atoms. The van der Waals surface area contributed by atoms with Gasteiger partial charge in [0.25, 0.3) is 0 Å². The van der Waals surface area contributed by atoms with Gasteiger partial charge in [0.2, 0.25) is 0 Å². The molecule has 9 rings (SSSR count). The highest BCUT2D eigenvalue weighted by atomic mass is 14.3. The Balaban J connectivity index is 0.000000680. The minimum absolute atomic E-state index is 0.227. The van der Waals surface area contributed by atoms with E-state index in [2.05, 4.69) is 481 Å². The van der Waals surface area contributed by atoms with Gasteiger partial charge in [-0.05, 0) is 299 Å². The summed E-state index contributed by atoms with van der Waals surface area (Å²) < 4.78 is 0. The first-order valence-corrected chi connectivity index (χ1v) is 47.3. The maximum atomic E-state index is 2.41. The zero-order chi connectivity index (χ0) is 92.3. The van der Waals surface area contributed by atoms with Gasteiger partial charge in [-0.15, -0.1) is 0 Å². The molecule has 0 atom stereocenters. The largest absolute Gasteiger partial charge is 0.0625 e. The highest BCUT2D eigenvalue weighted by molar-refractivity contribution is 5.42. The standard InChI is InChI=1S/3C17H28.C15H24.4C11H16.C10H14/c1-12(2)13-9-14(16(3,4)5)11-15(10-13)17(6,7)8;1-12(2)7-15-9-16(8-13(3)4)11-17(10-15)14(5)6;1-12(2)10-15-8-7-9-16(11-13(3)4)17(15)14(5)6;1-10(2)13-7-14(11(3)4)9-15(8-13)12(5)6;2*1-8(2)11-6-9(3)5-10(4)7-11;1-8(2)11-7-9(3)5-6-10(11)4;1-8(2)11-9(3)6-5-7-10(11)4;1-8(2)10-6-4-9(3)5-7-10/h9-12H,1-8H3;9-14H,7-8H2,1-6H3;7-9,12-14H,10-11H2,1-6H3;7-12H,1-6H3;4*5-8H,1-4H3;4-8H,1-3H3. The summed E-state index contributed by atoms with van der Waals surface area (Å²) in [6.07, 6.45) is 4.82. The Morgan fingerprint density at radius 1 is 0.200 bits per heavy atom. The van der Waals surface area contributed by atoms with Gasteiger partial charge in [0.05, 0.1) is 0 Å². The summed E-state index contributed by atoms with van der Waals surface area (Å²) in [5, 5.41) is 0. The highest BCUT2D eigenvalue weighted by Crippen LogP contribution is 2.35. The maximum Gasteiger partial charge on any atom is -0.0132 e. The number of hydrogen-bond acceptors (Lipinski definition) is 0. The summed E-state index contributed by atoms with van der Waals surface area (Å²) >= 11 is 0. The fourth-order valence-corrected chi connectivity index (χ4v) is 15.3. The van der Waals surface area contributed by atoms with Crippen LogP contribution in [-0.4, -0.2) is 0 Å². The van der Waals surface area contributed by atoms with Crippen molar-refractivity contribution in [3.8, 4) is 0 Å². The second-order valence-electron chi connectivity index (χ2n) is 42.9. The first-order valence-electron chi connectivity index (χ1n) is 47.3. The Morgan fingerprint density at radius 3 is 0.750 bits per heavy atom. The fourth-order valence-electron chi connectivity index (χ4n) is 15.3. The molecular formula is C120H186. The Bertz CT molecular complexity index is 4070. The molecule has 9 aromatic rings. The molecule has 0 N–H and O–H groups in total. The van der Waals surface area contributed by atoms with E-state index < -0.39 is 0 Å². The zero-order valence-electron chi connectivity index (χ0n) is 86.7. The molecular weight excluding hydrogens is 1440 g/mol. The number of hydrogen-bond donors (Lipinski definition) is 0. The molecule has 0 aliphatic rings. The van der Waals surface area contributed by atoms with Crippen molar-refractivity contribution in [2.75, 3.05) is 0 Å². The molecule has 0 radical (unpaired) electrons. The van der Waals surface area contributed by atoms with Crippen LogP contribution in [0.5, 0.6) is 0 Å². The molecule has 0 heteroatoms. The molecule has 0 heterocycles. The predicted molar refractivity (Wildman–Crippen MR) is 547 cm³/mol. The molecule has 0 aliphatic heterocycles. The average molecular weight is 1630 g/mol. The number of rotatable bonds is 19. The normalized spacial score (nSPS) is 11.5. The molecule has 0 fully saturated rings. The van der Waals surface area contributed by atoms with Gasteiger partial charge in [-0.1, -0.05) is 452 Å². The van der Waals surface area contributed by atoms with E-state index in [1.54, 1.807) is 16.7 Å². The van der Waals surface area contributed by atoms with E-state index in [9.17, 15) is 0 Å². The SMILES string of the molecule is CC(C)Cc1cc(CC(C)C)cc(C(C)C)c1.CC(C)Cc1cccc(CC(C)C)c1C(C)C.CC(C)c1cc(C(C)(C)C)cc(C(C)(C)C)c1.CC(C)c1cc(C(C)C)cc(C(C)C)c1.Cc1cc(C)cc(C(C)C)c1.Cc1cc(C)cc(C(C)C)c1.Cc1ccc(C(C)C)cc1.Cc1ccc(C)c(C(C)C)c1.Cc1cccc(C)c1C(C)C. The first kappa shape index (κ1) is 111. The molecule has 0 amide bonds. The van der Waals surface area contributed by atoms with Crippen LogP contribution in [0, 0.1) is 86.0 Å². The van der Waals surface area contributed by atoms with Crippen LogP contribution in [0.2, 0.25) is 0 Å². The van der Waals surface area contributed by atoms with E-state index in [0.29, 0.717) is 65.1 Å². The van der Waals surface area contributed by atoms with E-state index in [1.165, 1.54) is 154 Å². The average Bonchev–Trinajstić information content (AvgIpc) is 0.798. The lowest BCUT2D eigenvalue weighted by atomic mass is 9.78. The van der Waals surface area contributed by atoms with Gasteiger partial charge in [0.1, 0.15) is 0 Å². The lowest BCUT2D eigenvalue weighted by molar-refractivity contribution is 0.565. The van der Waals surface area contributed by atoms with Crippen molar-refractivity contribution in [3.63, 3.8) is 0 Å². The van der Waals surface area contributed by atoms with Gasteiger partial charge in [-0.3, -0.25) is 0 Å². The third-order valence-corrected chi connectivity index (χ3v) is 22.2. The molecule has 0 aromatic heterocycles. The van der Waals surface area contributed by atoms with Crippen LogP contribution < -0.4 is 0 Å². The second kappa shape index (κ2) is 53.9. The lowest BCUT2D eigenvalue weighted by Gasteiger charge is -2.27. The van der Waals surface area contributed by atoms with Crippen LogP contribution in [0.4, 0.5) is 0 Å². The van der Waals surface area contributed by atoms with E-state index in [0.717, 1.165) is 23.7 Å². The second-order valence-corrected chi connectivity index (χ2v) is 42.9. The molecule has 0 saturated carbocycles. The van der Waals surface area contributed by atoms with Crippen molar-refractivity contribution >= 4 is 0 Å². The van der Waals surface area contributed by atoms with Crippen molar-refractivity contribution < 1.29 is 0 Å². The van der Waals surface area contributed by atoms with Gasteiger partial charge in [-0.2, -0.15) is 0 Å².